The summed E-state index contributed by atoms with van der Waals surface area (Å²) in [7, 11) is 3.27. The third-order valence-corrected chi connectivity index (χ3v) is 4.80. The summed E-state index contributed by atoms with van der Waals surface area (Å²) in [4.78, 5) is 12.3. The zero-order valence-electron chi connectivity index (χ0n) is 14.2. The van der Waals surface area contributed by atoms with Gasteiger partial charge in [0, 0.05) is 29.7 Å². The van der Waals surface area contributed by atoms with Gasteiger partial charge < -0.3 is 14.8 Å². The number of carbonyl (C=O) groups excluding carboxylic acids is 1. The van der Waals surface area contributed by atoms with Crippen LogP contribution in [0.2, 0.25) is 0 Å². The highest BCUT2D eigenvalue weighted by atomic mass is 16.5. The summed E-state index contributed by atoms with van der Waals surface area (Å²) in [5.41, 5.74) is 3.01. The molecule has 0 radical (unpaired) electrons. The molecule has 0 aromatic heterocycles. The average Bonchev–Trinajstić information content (AvgIpc) is 2.66. The Morgan fingerprint density at radius 2 is 1.84 bits per heavy atom. The molecule has 0 unspecified atom stereocenters. The summed E-state index contributed by atoms with van der Waals surface area (Å²) in [6.45, 7) is 0. The summed E-state index contributed by atoms with van der Waals surface area (Å²) >= 11 is 0. The minimum Gasteiger partial charge on any atom is -0.497 e. The highest BCUT2D eigenvalue weighted by molar-refractivity contribution is 6.01. The number of rotatable bonds is 3. The molecule has 0 saturated carbocycles. The second-order valence-electron chi connectivity index (χ2n) is 6.16. The van der Waals surface area contributed by atoms with Gasteiger partial charge in [-0.1, -0.05) is 36.4 Å². The molecule has 25 heavy (non-hydrogen) atoms. The Morgan fingerprint density at radius 1 is 1.00 bits per heavy atom. The van der Waals surface area contributed by atoms with Crippen LogP contribution in [0, 0.1) is 0 Å². The van der Waals surface area contributed by atoms with Crippen molar-refractivity contribution in [1.29, 1.82) is 0 Å². The fourth-order valence-electron chi connectivity index (χ4n) is 3.64. The van der Waals surface area contributed by atoms with Crippen molar-refractivity contribution in [3.8, 4) is 11.5 Å². The molecule has 0 bridgehead atoms. The van der Waals surface area contributed by atoms with E-state index in [0.717, 1.165) is 39.1 Å². The maximum absolute atomic E-state index is 12.3. The van der Waals surface area contributed by atoms with Crippen LogP contribution in [-0.2, 0) is 4.79 Å². The minimum atomic E-state index is -0.0595. The first-order valence-corrected chi connectivity index (χ1v) is 8.24. The molecule has 3 aromatic carbocycles. The number of benzene rings is 3. The summed E-state index contributed by atoms with van der Waals surface area (Å²) in [6.07, 6.45) is 0.393. The number of ether oxygens (including phenoxy) is 2. The third kappa shape index (κ3) is 2.60. The van der Waals surface area contributed by atoms with Gasteiger partial charge in [0.05, 0.1) is 14.2 Å². The monoisotopic (exact) mass is 333 g/mol. The van der Waals surface area contributed by atoms with E-state index < -0.39 is 0 Å². The quantitative estimate of drug-likeness (QED) is 0.776. The van der Waals surface area contributed by atoms with Crippen LogP contribution in [0.25, 0.3) is 10.8 Å². The van der Waals surface area contributed by atoms with E-state index in [9.17, 15) is 4.79 Å². The first-order valence-electron chi connectivity index (χ1n) is 8.24. The van der Waals surface area contributed by atoms with Crippen molar-refractivity contribution in [2.45, 2.75) is 12.3 Å². The first-order chi connectivity index (χ1) is 12.2. The fourth-order valence-corrected chi connectivity index (χ4v) is 3.64. The highest BCUT2D eigenvalue weighted by Crippen LogP contribution is 2.44. The van der Waals surface area contributed by atoms with Crippen molar-refractivity contribution in [2.24, 2.45) is 0 Å². The second kappa shape index (κ2) is 6.13. The van der Waals surface area contributed by atoms with Crippen molar-refractivity contribution in [1.82, 2.24) is 0 Å². The van der Waals surface area contributed by atoms with E-state index in [1.165, 1.54) is 0 Å². The summed E-state index contributed by atoms with van der Waals surface area (Å²) in [5, 5.41) is 5.32. The third-order valence-electron chi connectivity index (χ3n) is 4.80. The summed E-state index contributed by atoms with van der Waals surface area (Å²) in [6, 6.07) is 18.1. The van der Waals surface area contributed by atoms with E-state index in [1.54, 1.807) is 14.2 Å². The number of fused-ring (bicyclic) bond motifs is 3. The van der Waals surface area contributed by atoms with Gasteiger partial charge in [-0.05, 0) is 28.5 Å². The number of hydrogen-bond donors (Lipinski definition) is 1. The maximum atomic E-state index is 12.3. The largest absolute Gasteiger partial charge is 0.497 e. The number of nitrogens with one attached hydrogen (secondary N) is 1. The van der Waals surface area contributed by atoms with Crippen LogP contribution in [0.3, 0.4) is 0 Å². The van der Waals surface area contributed by atoms with E-state index in [1.807, 2.05) is 42.5 Å². The highest BCUT2D eigenvalue weighted by Gasteiger charge is 2.30. The molecule has 3 aromatic rings. The molecule has 4 rings (SSSR count). The van der Waals surface area contributed by atoms with Crippen molar-refractivity contribution in [3.05, 3.63) is 65.7 Å². The Hall–Kier alpha value is -3.01. The molecule has 4 nitrogen and oxygen atoms in total. The number of amides is 1. The van der Waals surface area contributed by atoms with Crippen LogP contribution < -0.4 is 14.8 Å². The Kier molecular flexibility index (Phi) is 3.80. The second-order valence-corrected chi connectivity index (χ2v) is 6.16. The Bertz CT molecular complexity index is 965. The SMILES string of the molecule is COc1ccc([C@H]2CC(=O)Nc3ccc4ccccc4c32)c(OC)c1. The molecule has 4 heteroatoms. The molecule has 0 fully saturated rings. The van der Waals surface area contributed by atoms with Crippen LogP contribution in [0.15, 0.2) is 54.6 Å². The molecule has 0 saturated heterocycles. The normalized spacial score (nSPS) is 16.2. The zero-order chi connectivity index (χ0) is 17.4. The number of anilines is 1. The fraction of sp³-hybridized carbons (Fsp3) is 0.190. The van der Waals surface area contributed by atoms with Gasteiger partial charge in [-0.2, -0.15) is 0 Å². The van der Waals surface area contributed by atoms with Crippen molar-refractivity contribution >= 4 is 22.4 Å². The molecule has 0 aliphatic carbocycles. The van der Waals surface area contributed by atoms with Gasteiger partial charge in [0.2, 0.25) is 5.91 Å². The molecule has 1 N–H and O–H groups in total. The lowest BCUT2D eigenvalue weighted by atomic mass is 9.81. The van der Waals surface area contributed by atoms with Gasteiger partial charge in [-0.3, -0.25) is 4.79 Å². The van der Waals surface area contributed by atoms with Crippen LogP contribution in [0.4, 0.5) is 5.69 Å². The molecule has 126 valence electrons. The Morgan fingerprint density at radius 3 is 2.64 bits per heavy atom. The van der Waals surface area contributed by atoms with E-state index >= 15 is 0 Å². The Balaban J connectivity index is 1.96. The number of hydrogen-bond acceptors (Lipinski definition) is 3. The van der Waals surface area contributed by atoms with Crippen molar-refractivity contribution in [3.63, 3.8) is 0 Å². The average molecular weight is 333 g/mol. The molecule has 0 spiro atoms. The lowest BCUT2D eigenvalue weighted by Gasteiger charge is -2.28. The van der Waals surface area contributed by atoms with E-state index in [2.05, 4.69) is 17.4 Å². The van der Waals surface area contributed by atoms with Gasteiger partial charge in [-0.25, -0.2) is 0 Å². The molecular weight excluding hydrogens is 314 g/mol. The molecule has 1 amide bonds. The van der Waals surface area contributed by atoms with E-state index in [4.69, 9.17) is 9.47 Å². The van der Waals surface area contributed by atoms with Crippen LogP contribution in [-0.4, -0.2) is 20.1 Å². The summed E-state index contributed by atoms with van der Waals surface area (Å²) in [5.74, 6) is 1.43. The van der Waals surface area contributed by atoms with Gasteiger partial charge >= 0.3 is 0 Å². The molecular formula is C21H19NO3. The molecule has 1 heterocycles. The molecule has 1 aliphatic heterocycles. The van der Waals surface area contributed by atoms with Crippen molar-refractivity contribution < 1.29 is 14.3 Å². The maximum Gasteiger partial charge on any atom is 0.225 e. The standard InChI is InChI=1S/C21H19NO3/c1-24-14-8-9-16(19(11-14)25-2)17-12-20(23)22-18-10-7-13-5-3-4-6-15(13)21(17)18/h3-11,17H,12H2,1-2H3,(H,22,23)/t17-/m1/s1. The van der Waals surface area contributed by atoms with Gasteiger partial charge in [0.25, 0.3) is 0 Å². The topological polar surface area (TPSA) is 47.6 Å². The minimum absolute atomic E-state index is 0.0191. The van der Waals surface area contributed by atoms with Gasteiger partial charge in [-0.15, -0.1) is 0 Å². The molecule has 1 aliphatic rings. The van der Waals surface area contributed by atoms with Crippen LogP contribution in [0.5, 0.6) is 11.5 Å². The zero-order valence-corrected chi connectivity index (χ0v) is 14.2. The Labute approximate surface area is 146 Å². The molecule has 1 atom stereocenters. The van der Waals surface area contributed by atoms with Gasteiger partial charge in [0.1, 0.15) is 11.5 Å². The predicted molar refractivity (Wildman–Crippen MR) is 98.6 cm³/mol. The number of carbonyl (C=O) groups is 1. The lowest BCUT2D eigenvalue weighted by Crippen LogP contribution is -2.24. The summed E-state index contributed by atoms with van der Waals surface area (Å²) < 4.78 is 10.9. The van der Waals surface area contributed by atoms with Crippen molar-refractivity contribution in [2.75, 3.05) is 19.5 Å². The van der Waals surface area contributed by atoms with Gasteiger partial charge in [0.15, 0.2) is 0 Å². The first kappa shape index (κ1) is 15.5. The van der Waals surface area contributed by atoms with Crippen LogP contribution in [0.1, 0.15) is 23.5 Å². The predicted octanol–water partition coefficient (Wildman–Crippen LogP) is 4.33. The lowest BCUT2D eigenvalue weighted by molar-refractivity contribution is -0.116. The smallest absolute Gasteiger partial charge is 0.225 e. The van der Waals surface area contributed by atoms with Crippen LogP contribution >= 0.6 is 0 Å². The number of methoxy groups -OCH3 is 2. The van der Waals surface area contributed by atoms with E-state index in [0.29, 0.717) is 6.42 Å². The van der Waals surface area contributed by atoms with E-state index in [-0.39, 0.29) is 11.8 Å².